The van der Waals surface area contributed by atoms with E-state index >= 15 is 0 Å². The second-order valence-electron chi connectivity index (χ2n) is 6.89. The highest BCUT2D eigenvalue weighted by atomic mass is 35.5. The van der Waals surface area contributed by atoms with Gasteiger partial charge in [-0.05, 0) is 55.3 Å². The summed E-state index contributed by atoms with van der Waals surface area (Å²) in [4.78, 5) is 25.8. The Morgan fingerprint density at radius 3 is 2.66 bits per heavy atom. The highest BCUT2D eigenvalue weighted by molar-refractivity contribution is 5.94. The first-order chi connectivity index (χ1) is 13.5. The molecule has 0 spiro atoms. The normalized spacial score (nSPS) is 16.1. The smallest absolute Gasteiger partial charge is 0.223 e. The van der Waals surface area contributed by atoms with Crippen molar-refractivity contribution in [3.05, 3.63) is 65.5 Å². The Morgan fingerprint density at radius 1 is 1.21 bits per heavy atom. The molecule has 1 N–H and O–H groups in total. The largest absolute Gasteiger partial charge is 0.494 e. The van der Waals surface area contributed by atoms with Crippen LogP contribution in [0.4, 0.5) is 4.39 Å². The molecule has 1 fully saturated rings. The molecule has 1 saturated heterocycles. The molecule has 5 nitrogen and oxygen atoms in total. The van der Waals surface area contributed by atoms with Gasteiger partial charge >= 0.3 is 0 Å². The van der Waals surface area contributed by atoms with Crippen molar-refractivity contribution in [2.24, 2.45) is 0 Å². The molecule has 1 aliphatic heterocycles. The summed E-state index contributed by atoms with van der Waals surface area (Å²) >= 11 is 0. The number of ketones is 1. The predicted octanol–water partition coefficient (Wildman–Crippen LogP) is 3.78. The van der Waals surface area contributed by atoms with Crippen LogP contribution in [0.3, 0.4) is 0 Å². The van der Waals surface area contributed by atoms with Crippen molar-refractivity contribution in [2.75, 3.05) is 26.2 Å². The van der Waals surface area contributed by atoms with Crippen LogP contribution in [0.15, 0.2) is 48.5 Å². The van der Waals surface area contributed by atoms with Gasteiger partial charge in [-0.15, -0.1) is 12.4 Å². The summed E-state index contributed by atoms with van der Waals surface area (Å²) in [5, 5.41) is 3.27. The molecule has 0 bridgehead atoms. The molecule has 29 heavy (non-hydrogen) atoms. The molecular weight excluding hydrogens is 395 g/mol. The second-order valence-corrected chi connectivity index (χ2v) is 6.89. The SMILES string of the molecule is CC(=O)c1ccc(OCCCC(=O)N2CCNCC2c2cccc(F)c2)cc1.Cl. The highest BCUT2D eigenvalue weighted by Gasteiger charge is 2.27. The van der Waals surface area contributed by atoms with E-state index in [-0.39, 0.29) is 36.0 Å². The van der Waals surface area contributed by atoms with Gasteiger partial charge in [0, 0.05) is 31.6 Å². The lowest BCUT2D eigenvalue weighted by molar-refractivity contribution is -0.134. The topological polar surface area (TPSA) is 58.6 Å². The van der Waals surface area contributed by atoms with Gasteiger partial charge in [0.25, 0.3) is 0 Å². The molecule has 1 heterocycles. The number of ether oxygens (including phenoxy) is 1. The van der Waals surface area contributed by atoms with Gasteiger partial charge in [-0.25, -0.2) is 4.39 Å². The van der Waals surface area contributed by atoms with E-state index < -0.39 is 0 Å². The predicted molar refractivity (Wildman–Crippen MR) is 112 cm³/mol. The van der Waals surface area contributed by atoms with E-state index in [1.54, 1.807) is 30.3 Å². The maximum absolute atomic E-state index is 13.6. The van der Waals surface area contributed by atoms with Crippen LogP contribution < -0.4 is 10.1 Å². The minimum atomic E-state index is -0.292. The van der Waals surface area contributed by atoms with Gasteiger partial charge in [-0.3, -0.25) is 9.59 Å². The molecule has 1 amide bonds. The minimum absolute atomic E-state index is 0. The fourth-order valence-electron chi connectivity index (χ4n) is 3.36. The van der Waals surface area contributed by atoms with Crippen molar-refractivity contribution in [3.63, 3.8) is 0 Å². The number of benzene rings is 2. The zero-order valence-electron chi connectivity index (χ0n) is 16.4. The van der Waals surface area contributed by atoms with Gasteiger partial charge in [-0.1, -0.05) is 12.1 Å². The molecule has 2 aromatic carbocycles. The first-order valence-electron chi connectivity index (χ1n) is 9.54. The number of nitrogens with zero attached hydrogens (tertiary/aromatic N) is 1. The van der Waals surface area contributed by atoms with Crippen LogP contribution in [-0.2, 0) is 4.79 Å². The molecule has 0 radical (unpaired) electrons. The van der Waals surface area contributed by atoms with Gasteiger partial charge in [0.2, 0.25) is 5.91 Å². The summed E-state index contributed by atoms with van der Waals surface area (Å²) in [6.45, 7) is 3.90. The summed E-state index contributed by atoms with van der Waals surface area (Å²) in [7, 11) is 0. The van der Waals surface area contributed by atoms with Crippen molar-refractivity contribution in [1.29, 1.82) is 0 Å². The number of rotatable bonds is 7. The Kier molecular flexibility index (Phi) is 8.61. The van der Waals surface area contributed by atoms with Crippen LogP contribution in [0.5, 0.6) is 5.75 Å². The molecule has 0 saturated carbocycles. The number of hydrogen-bond donors (Lipinski definition) is 1. The molecule has 2 aromatic rings. The third-order valence-electron chi connectivity index (χ3n) is 4.86. The second kappa shape index (κ2) is 10.9. The van der Waals surface area contributed by atoms with Crippen molar-refractivity contribution in [3.8, 4) is 5.75 Å². The molecule has 1 unspecified atom stereocenters. The lowest BCUT2D eigenvalue weighted by Gasteiger charge is -2.36. The van der Waals surface area contributed by atoms with Gasteiger partial charge in [-0.2, -0.15) is 0 Å². The molecular formula is C22H26ClFN2O3. The van der Waals surface area contributed by atoms with Crippen molar-refractivity contribution >= 4 is 24.1 Å². The quantitative estimate of drug-likeness (QED) is 0.547. The van der Waals surface area contributed by atoms with Crippen molar-refractivity contribution < 1.29 is 18.7 Å². The van der Waals surface area contributed by atoms with E-state index in [9.17, 15) is 14.0 Å². The van der Waals surface area contributed by atoms with E-state index in [1.807, 2.05) is 11.0 Å². The Bertz CT molecular complexity index is 829. The fourth-order valence-corrected chi connectivity index (χ4v) is 3.36. The fraction of sp³-hybridized carbons (Fsp3) is 0.364. The Labute approximate surface area is 176 Å². The van der Waals surface area contributed by atoms with E-state index in [4.69, 9.17) is 4.74 Å². The van der Waals surface area contributed by atoms with E-state index in [0.29, 0.717) is 43.9 Å². The molecule has 3 rings (SSSR count). The monoisotopic (exact) mass is 420 g/mol. The number of amides is 1. The van der Waals surface area contributed by atoms with Crippen LogP contribution >= 0.6 is 12.4 Å². The summed E-state index contributed by atoms with van der Waals surface area (Å²) in [5.74, 6) is 0.448. The van der Waals surface area contributed by atoms with Crippen LogP contribution in [-0.4, -0.2) is 42.8 Å². The van der Waals surface area contributed by atoms with Gasteiger partial charge in [0.05, 0.1) is 12.6 Å². The molecule has 0 aromatic heterocycles. The van der Waals surface area contributed by atoms with Gasteiger partial charge in [0.15, 0.2) is 5.78 Å². The average molecular weight is 421 g/mol. The van der Waals surface area contributed by atoms with Crippen LogP contribution in [0, 0.1) is 5.82 Å². The summed E-state index contributed by atoms with van der Waals surface area (Å²) < 4.78 is 19.2. The first kappa shape index (κ1) is 22.8. The summed E-state index contributed by atoms with van der Waals surface area (Å²) in [5.41, 5.74) is 1.45. The highest BCUT2D eigenvalue weighted by Crippen LogP contribution is 2.24. The van der Waals surface area contributed by atoms with Crippen LogP contribution in [0.2, 0.25) is 0 Å². The number of halogens is 2. The number of hydrogen-bond acceptors (Lipinski definition) is 4. The Balaban J connectivity index is 0.00000300. The van der Waals surface area contributed by atoms with Crippen LogP contribution in [0.1, 0.15) is 41.7 Å². The molecule has 156 valence electrons. The van der Waals surface area contributed by atoms with E-state index in [1.165, 1.54) is 19.1 Å². The van der Waals surface area contributed by atoms with Crippen molar-refractivity contribution in [2.45, 2.75) is 25.8 Å². The summed E-state index contributed by atoms with van der Waals surface area (Å²) in [6.07, 6.45) is 0.963. The third kappa shape index (κ3) is 6.27. The van der Waals surface area contributed by atoms with E-state index in [2.05, 4.69) is 5.32 Å². The van der Waals surface area contributed by atoms with Crippen LogP contribution in [0.25, 0.3) is 0 Å². The maximum Gasteiger partial charge on any atom is 0.223 e. The molecule has 1 aliphatic rings. The minimum Gasteiger partial charge on any atom is -0.494 e. The van der Waals surface area contributed by atoms with Gasteiger partial charge in [0.1, 0.15) is 11.6 Å². The molecule has 1 atom stereocenters. The third-order valence-corrected chi connectivity index (χ3v) is 4.86. The number of Topliss-reactive ketones (excluding diaryl/α,β-unsaturated/α-hetero) is 1. The number of carbonyl (C=O) groups is 2. The Hall–Kier alpha value is -2.44. The molecule has 7 heteroatoms. The Morgan fingerprint density at radius 2 is 1.97 bits per heavy atom. The van der Waals surface area contributed by atoms with Crippen molar-refractivity contribution in [1.82, 2.24) is 10.2 Å². The number of piperazine rings is 1. The van der Waals surface area contributed by atoms with Gasteiger partial charge < -0.3 is 15.0 Å². The lowest BCUT2D eigenvalue weighted by Crippen LogP contribution is -2.48. The average Bonchev–Trinajstić information content (AvgIpc) is 2.71. The zero-order chi connectivity index (χ0) is 19.9. The van der Waals surface area contributed by atoms with E-state index in [0.717, 1.165) is 12.1 Å². The molecule has 0 aliphatic carbocycles. The maximum atomic E-state index is 13.6. The number of carbonyl (C=O) groups excluding carboxylic acids is 2. The first-order valence-corrected chi connectivity index (χ1v) is 9.54. The standard InChI is InChI=1S/C22H25FN2O3.ClH/c1-16(26)17-7-9-20(10-8-17)28-13-3-6-22(27)25-12-11-24-15-21(25)18-4-2-5-19(23)14-18;/h2,4-5,7-10,14,21,24H,3,6,11-13,15H2,1H3;1H. The zero-order valence-corrected chi connectivity index (χ0v) is 17.2. The summed E-state index contributed by atoms with van der Waals surface area (Å²) in [6, 6.07) is 13.3. The lowest BCUT2D eigenvalue weighted by atomic mass is 10.0. The number of nitrogens with one attached hydrogen (secondary N) is 1.